The van der Waals surface area contributed by atoms with Crippen molar-refractivity contribution in [3.05, 3.63) is 0 Å². The van der Waals surface area contributed by atoms with Crippen LogP contribution in [0.3, 0.4) is 0 Å². The molecule has 0 saturated carbocycles. The minimum absolute atomic E-state index is 0.276. The zero-order valence-electron chi connectivity index (χ0n) is 13.5. The van der Waals surface area contributed by atoms with Gasteiger partial charge in [0, 0.05) is 25.7 Å². The normalized spacial score (nSPS) is 33.2. The molecule has 4 unspecified atom stereocenters. The predicted octanol–water partition coefficient (Wildman–Crippen LogP) is 1.45. The second-order valence-electron chi connectivity index (χ2n) is 6.63. The van der Waals surface area contributed by atoms with Crippen molar-refractivity contribution in [2.45, 2.75) is 51.7 Å². The van der Waals surface area contributed by atoms with Gasteiger partial charge in [0.25, 0.3) is 0 Å². The van der Waals surface area contributed by atoms with Crippen molar-refractivity contribution in [3.8, 4) is 0 Å². The Morgan fingerprint density at radius 1 is 1.38 bits per heavy atom. The fraction of sp³-hybridized carbons (Fsp3) is 1.00. The molecule has 0 amide bonds. The minimum atomic E-state index is -3.05. The predicted molar refractivity (Wildman–Crippen MR) is 84.7 cm³/mol. The third kappa shape index (κ3) is 4.65. The van der Waals surface area contributed by atoms with Gasteiger partial charge in [-0.25, -0.2) is 12.7 Å². The zero-order chi connectivity index (χ0) is 15.5. The molecule has 0 radical (unpaired) electrons. The van der Waals surface area contributed by atoms with Crippen LogP contribution in [-0.4, -0.2) is 57.4 Å². The van der Waals surface area contributed by atoms with E-state index in [0.717, 1.165) is 38.8 Å². The molecular weight excluding hydrogens is 288 g/mol. The van der Waals surface area contributed by atoms with E-state index in [-0.39, 0.29) is 6.10 Å². The van der Waals surface area contributed by atoms with Crippen molar-refractivity contribution in [3.63, 3.8) is 0 Å². The second-order valence-corrected chi connectivity index (χ2v) is 8.61. The van der Waals surface area contributed by atoms with Gasteiger partial charge < -0.3 is 10.1 Å². The van der Waals surface area contributed by atoms with Crippen molar-refractivity contribution in [1.29, 1.82) is 0 Å². The van der Waals surface area contributed by atoms with Crippen LogP contribution in [0.25, 0.3) is 0 Å². The molecule has 2 aliphatic rings. The summed E-state index contributed by atoms with van der Waals surface area (Å²) in [6.45, 7) is 7.51. The first-order chi connectivity index (χ1) is 9.91. The van der Waals surface area contributed by atoms with E-state index in [4.69, 9.17) is 4.74 Å². The Balaban J connectivity index is 1.96. The van der Waals surface area contributed by atoms with E-state index in [1.807, 2.05) is 0 Å². The van der Waals surface area contributed by atoms with Crippen LogP contribution in [0.1, 0.15) is 39.5 Å². The molecule has 124 valence electrons. The number of nitrogens with one attached hydrogen (secondary N) is 1. The summed E-state index contributed by atoms with van der Waals surface area (Å²) in [5.41, 5.74) is 0. The summed E-state index contributed by atoms with van der Waals surface area (Å²) >= 11 is 0. The Kier molecular flexibility index (Phi) is 6.05. The number of sulfonamides is 1. The summed E-state index contributed by atoms with van der Waals surface area (Å²) in [5.74, 6) is 1.03. The maximum absolute atomic E-state index is 11.7. The fourth-order valence-electron chi connectivity index (χ4n) is 3.71. The van der Waals surface area contributed by atoms with Crippen LogP contribution in [0.15, 0.2) is 0 Å². The lowest BCUT2D eigenvalue weighted by molar-refractivity contribution is 0.0497. The summed E-state index contributed by atoms with van der Waals surface area (Å²) in [6, 6.07) is 0.344. The molecule has 0 aromatic carbocycles. The summed E-state index contributed by atoms with van der Waals surface area (Å²) in [5, 5.41) is 3.56. The van der Waals surface area contributed by atoms with E-state index in [1.54, 1.807) is 4.31 Å². The summed E-state index contributed by atoms with van der Waals surface area (Å²) in [6.07, 6.45) is 5.83. The standard InChI is InChI=1S/C15H30N2O3S/c1-4-16-14(15-12(2)7-9-20-15)10-13-6-5-8-17(11-13)21(3,18)19/h12-16H,4-11H2,1-3H3. The van der Waals surface area contributed by atoms with Crippen molar-refractivity contribution < 1.29 is 13.2 Å². The number of likely N-dealkylation sites (N-methyl/N-ethyl adjacent to an activating group) is 1. The molecule has 1 N–H and O–H groups in total. The van der Waals surface area contributed by atoms with Gasteiger partial charge in [-0.1, -0.05) is 13.8 Å². The lowest BCUT2D eigenvalue weighted by Gasteiger charge is -2.35. The number of hydrogen-bond acceptors (Lipinski definition) is 4. The highest BCUT2D eigenvalue weighted by Crippen LogP contribution is 2.29. The number of nitrogens with zero attached hydrogens (tertiary/aromatic N) is 1. The van der Waals surface area contributed by atoms with E-state index in [9.17, 15) is 8.42 Å². The highest BCUT2D eigenvalue weighted by atomic mass is 32.2. The van der Waals surface area contributed by atoms with Crippen molar-refractivity contribution in [1.82, 2.24) is 9.62 Å². The summed E-state index contributed by atoms with van der Waals surface area (Å²) < 4.78 is 31.0. The lowest BCUT2D eigenvalue weighted by atomic mass is 9.87. The topological polar surface area (TPSA) is 58.6 Å². The minimum Gasteiger partial charge on any atom is -0.376 e. The third-order valence-corrected chi connectivity index (χ3v) is 6.11. The maximum atomic E-state index is 11.7. The van der Waals surface area contributed by atoms with Crippen molar-refractivity contribution in [2.24, 2.45) is 11.8 Å². The van der Waals surface area contributed by atoms with Gasteiger partial charge in [-0.2, -0.15) is 0 Å². The average molecular weight is 318 g/mol. The van der Waals surface area contributed by atoms with Crippen LogP contribution in [0.5, 0.6) is 0 Å². The summed E-state index contributed by atoms with van der Waals surface area (Å²) in [4.78, 5) is 0. The van der Waals surface area contributed by atoms with Gasteiger partial charge in [-0.15, -0.1) is 0 Å². The van der Waals surface area contributed by atoms with Crippen LogP contribution >= 0.6 is 0 Å². The molecule has 2 heterocycles. The molecule has 2 rings (SSSR count). The Bertz CT molecular complexity index is 427. The number of piperidine rings is 1. The van der Waals surface area contributed by atoms with Gasteiger partial charge in [0.15, 0.2) is 0 Å². The fourth-order valence-corrected chi connectivity index (χ4v) is 4.65. The molecule has 0 aliphatic carbocycles. The monoisotopic (exact) mass is 318 g/mol. The van der Waals surface area contributed by atoms with Gasteiger partial charge in [-0.05, 0) is 44.1 Å². The molecule has 2 saturated heterocycles. The van der Waals surface area contributed by atoms with Gasteiger partial charge >= 0.3 is 0 Å². The van der Waals surface area contributed by atoms with Crippen molar-refractivity contribution in [2.75, 3.05) is 32.5 Å². The highest BCUT2D eigenvalue weighted by Gasteiger charge is 2.35. The molecule has 5 nitrogen and oxygen atoms in total. The quantitative estimate of drug-likeness (QED) is 0.805. The van der Waals surface area contributed by atoms with E-state index < -0.39 is 10.0 Å². The van der Waals surface area contributed by atoms with E-state index in [2.05, 4.69) is 19.2 Å². The van der Waals surface area contributed by atoms with E-state index in [0.29, 0.717) is 31.0 Å². The van der Waals surface area contributed by atoms with Crippen molar-refractivity contribution >= 4 is 10.0 Å². The van der Waals surface area contributed by atoms with E-state index in [1.165, 1.54) is 6.26 Å². The van der Waals surface area contributed by atoms with Crippen LogP contribution in [-0.2, 0) is 14.8 Å². The Hall–Kier alpha value is -0.170. The number of ether oxygens (including phenoxy) is 1. The molecule has 6 heteroatoms. The van der Waals surface area contributed by atoms with Crippen LogP contribution in [0, 0.1) is 11.8 Å². The van der Waals surface area contributed by atoms with Gasteiger partial charge in [0.1, 0.15) is 0 Å². The molecule has 2 aliphatic heterocycles. The van der Waals surface area contributed by atoms with Gasteiger partial charge in [0.2, 0.25) is 10.0 Å². The molecular formula is C15H30N2O3S. The molecule has 0 spiro atoms. The van der Waals surface area contributed by atoms with Crippen LogP contribution in [0.2, 0.25) is 0 Å². The van der Waals surface area contributed by atoms with Crippen LogP contribution in [0.4, 0.5) is 0 Å². The molecule has 21 heavy (non-hydrogen) atoms. The third-order valence-electron chi connectivity index (χ3n) is 4.85. The summed E-state index contributed by atoms with van der Waals surface area (Å²) in [7, 11) is -3.05. The maximum Gasteiger partial charge on any atom is 0.211 e. The van der Waals surface area contributed by atoms with Gasteiger partial charge in [0.05, 0.1) is 12.4 Å². The number of rotatable bonds is 6. The first-order valence-corrected chi connectivity index (χ1v) is 10.1. The molecule has 0 aromatic heterocycles. The SMILES string of the molecule is CCNC(CC1CCCN(S(C)(=O)=O)C1)C1OCCC1C. The highest BCUT2D eigenvalue weighted by molar-refractivity contribution is 7.88. The van der Waals surface area contributed by atoms with E-state index >= 15 is 0 Å². The first-order valence-electron chi connectivity index (χ1n) is 8.22. The van der Waals surface area contributed by atoms with Crippen LogP contribution < -0.4 is 5.32 Å². The largest absolute Gasteiger partial charge is 0.376 e. The first kappa shape index (κ1) is 17.2. The Labute approximate surface area is 129 Å². The Morgan fingerprint density at radius 2 is 2.14 bits per heavy atom. The molecule has 0 bridgehead atoms. The molecule has 4 atom stereocenters. The Morgan fingerprint density at radius 3 is 2.71 bits per heavy atom. The average Bonchev–Trinajstić information content (AvgIpc) is 2.84. The molecule has 2 fully saturated rings. The zero-order valence-corrected chi connectivity index (χ0v) is 14.4. The smallest absolute Gasteiger partial charge is 0.211 e. The lowest BCUT2D eigenvalue weighted by Crippen LogP contribution is -2.46. The molecule has 0 aromatic rings. The van der Waals surface area contributed by atoms with Gasteiger partial charge in [-0.3, -0.25) is 0 Å². The number of hydrogen-bond donors (Lipinski definition) is 1. The second kappa shape index (κ2) is 7.40.